The fourth-order valence-corrected chi connectivity index (χ4v) is 2.28. The highest BCUT2D eigenvalue weighted by Gasteiger charge is 2.46. The summed E-state index contributed by atoms with van der Waals surface area (Å²) in [6.45, 7) is 5.26. The van der Waals surface area contributed by atoms with Crippen LogP contribution in [0, 0.1) is 5.41 Å². The monoisotopic (exact) mass is 224 g/mol. The van der Waals surface area contributed by atoms with Crippen molar-refractivity contribution in [1.82, 2.24) is 10.3 Å². The Morgan fingerprint density at radius 2 is 2.33 bits per heavy atom. The first-order valence-corrected chi connectivity index (χ1v) is 5.81. The summed E-state index contributed by atoms with van der Waals surface area (Å²) in [7, 11) is 0. The minimum atomic E-state index is 0.205. The molecule has 0 aromatic carbocycles. The highest BCUT2D eigenvalue weighted by molar-refractivity contribution is 6.21. The van der Waals surface area contributed by atoms with Gasteiger partial charge in [0.2, 0.25) is 0 Å². The average Bonchev–Trinajstić information content (AvgIpc) is 2.25. The average molecular weight is 225 g/mol. The quantitative estimate of drug-likeness (QED) is 0.799. The molecule has 1 aromatic heterocycles. The molecule has 1 fully saturated rings. The highest BCUT2D eigenvalue weighted by atomic mass is 35.5. The van der Waals surface area contributed by atoms with E-state index in [1.165, 1.54) is 0 Å². The summed E-state index contributed by atoms with van der Waals surface area (Å²) in [5.74, 6) is 0. The lowest BCUT2D eigenvalue weighted by Gasteiger charge is -2.49. The Morgan fingerprint density at radius 3 is 2.87 bits per heavy atom. The molecule has 1 heterocycles. The number of nitrogens with zero attached hydrogens (tertiary/aromatic N) is 1. The zero-order valence-corrected chi connectivity index (χ0v) is 9.96. The third-order valence-electron chi connectivity index (χ3n) is 3.40. The lowest BCUT2D eigenvalue weighted by Crippen LogP contribution is -2.57. The van der Waals surface area contributed by atoms with Crippen molar-refractivity contribution in [1.29, 1.82) is 0 Å². The van der Waals surface area contributed by atoms with Gasteiger partial charge in [-0.25, -0.2) is 0 Å². The normalized spacial score (nSPS) is 28.5. The Bertz CT molecular complexity index is 324. The van der Waals surface area contributed by atoms with E-state index in [2.05, 4.69) is 24.1 Å². The fraction of sp³-hybridized carbons (Fsp3) is 0.583. The zero-order valence-electron chi connectivity index (χ0n) is 9.20. The SMILES string of the molecule is CC1(C)C(Cl)CC1NCc1ccccn1. The van der Waals surface area contributed by atoms with Crippen LogP contribution >= 0.6 is 11.6 Å². The molecule has 2 unspecified atom stereocenters. The summed E-state index contributed by atoms with van der Waals surface area (Å²) in [6.07, 6.45) is 2.88. The van der Waals surface area contributed by atoms with E-state index in [0.29, 0.717) is 11.4 Å². The maximum Gasteiger partial charge on any atom is 0.0541 e. The number of alkyl halides is 1. The Kier molecular flexibility index (Phi) is 2.98. The Morgan fingerprint density at radius 1 is 1.53 bits per heavy atom. The molecular weight excluding hydrogens is 208 g/mol. The standard InChI is InChI=1S/C12H17ClN2/c1-12(2)10(13)7-11(12)15-8-9-5-3-4-6-14-9/h3-6,10-11,15H,7-8H2,1-2H3. The van der Waals surface area contributed by atoms with Crippen LogP contribution in [-0.4, -0.2) is 16.4 Å². The molecule has 1 N–H and O–H groups in total. The minimum Gasteiger partial charge on any atom is -0.308 e. The molecule has 0 spiro atoms. The topological polar surface area (TPSA) is 24.9 Å². The van der Waals surface area contributed by atoms with Gasteiger partial charge in [-0.05, 0) is 24.0 Å². The lowest BCUT2D eigenvalue weighted by atomic mass is 9.67. The highest BCUT2D eigenvalue weighted by Crippen LogP contribution is 2.44. The molecule has 2 atom stereocenters. The lowest BCUT2D eigenvalue weighted by molar-refractivity contribution is 0.115. The van der Waals surface area contributed by atoms with Crippen LogP contribution in [0.2, 0.25) is 0 Å². The van der Waals surface area contributed by atoms with E-state index in [0.717, 1.165) is 18.7 Å². The Balaban J connectivity index is 1.85. The maximum absolute atomic E-state index is 6.16. The first kappa shape index (κ1) is 10.9. The minimum absolute atomic E-state index is 0.205. The predicted octanol–water partition coefficient (Wildman–Crippen LogP) is 2.58. The van der Waals surface area contributed by atoms with Crippen molar-refractivity contribution >= 4 is 11.6 Å². The van der Waals surface area contributed by atoms with E-state index < -0.39 is 0 Å². The van der Waals surface area contributed by atoms with E-state index in [4.69, 9.17) is 11.6 Å². The van der Waals surface area contributed by atoms with Crippen LogP contribution in [0.1, 0.15) is 26.0 Å². The van der Waals surface area contributed by atoms with Gasteiger partial charge in [0.25, 0.3) is 0 Å². The van der Waals surface area contributed by atoms with Gasteiger partial charge in [-0.3, -0.25) is 4.98 Å². The number of pyridine rings is 1. The van der Waals surface area contributed by atoms with Gasteiger partial charge in [-0.1, -0.05) is 19.9 Å². The van der Waals surface area contributed by atoms with Gasteiger partial charge >= 0.3 is 0 Å². The largest absolute Gasteiger partial charge is 0.308 e. The van der Waals surface area contributed by atoms with E-state index in [1.54, 1.807) is 0 Å². The second-order valence-electron chi connectivity index (χ2n) is 4.78. The molecule has 0 amide bonds. The van der Waals surface area contributed by atoms with Gasteiger partial charge in [0.15, 0.2) is 0 Å². The maximum atomic E-state index is 6.16. The Hall–Kier alpha value is -0.600. The van der Waals surface area contributed by atoms with Gasteiger partial charge in [0.05, 0.1) is 5.69 Å². The van der Waals surface area contributed by atoms with Gasteiger partial charge in [-0.2, -0.15) is 0 Å². The van der Waals surface area contributed by atoms with Crippen molar-refractivity contribution < 1.29 is 0 Å². The molecule has 0 saturated heterocycles. The van der Waals surface area contributed by atoms with Crippen molar-refractivity contribution in [3.8, 4) is 0 Å². The van der Waals surface area contributed by atoms with Gasteiger partial charge in [-0.15, -0.1) is 11.6 Å². The number of nitrogens with one attached hydrogen (secondary N) is 1. The van der Waals surface area contributed by atoms with Crippen molar-refractivity contribution in [3.63, 3.8) is 0 Å². The van der Waals surface area contributed by atoms with E-state index in [-0.39, 0.29) is 5.41 Å². The third-order valence-corrected chi connectivity index (χ3v) is 4.14. The van der Waals surface area contributed by atoms with Crippen molar-refractivity contribution in [2.75, 3.05) is 0 Å². The summed E-state index contributed by atoms with van der Waals surface area (Å²) in [4.78, 5) is 4.28. The van der Waals surface area contributed by atoms with Crippen molar-refractivity contribution in [3.05, 3.63) is 30.1 Å². The van der Waals surface area contributed by atoms with Crippen molar-refractivity contribution in [2.24, 2.45) is 5.41 Å². The van der Waals surface area contributed by atoms with Gasteiger partial charge < -0.3 is 5.32 Å². The summed E-state index contributed by atoms with van der Waals surface area (Å²) in [6, 6.07) is 6.50. The summed E-state index contributed by atoms with van der Waals surface area (Å²) < 4.78 is 0. The molecule has 15 heavy (non-hydrogen) atoms. The van der Waals surface area contributed by atoms with E-state index >= 15 is 0 Å². The smallest absolute Gasteiger partial charge is 0.0541 e. The first-order chi connectivity index (χ1) is 7.10. The molecule has 1 aliphatic rings. The molecule has 1 aromatic rings. The molecule has 2 nitrogen and oxygen atoms in total. The molecular formula is C12H17ClN2. The van der Waals surface area contributed by atoms with Crippen LogP contribution in [0.5, 0.6) is 0 Å². The van der Waals surface area contributed by atoms with Crippen LogP contribution < -0.4 is 5.32 Å². The number of aromatic nitrogens is 1. The summed E-state index contributed by atoms with van der Waals surface area (Å²) >= 11 is 6.16. The van der Waals surface area contributed by atoms with Crippen LogP contribution in [0.4, 0.5) is 0 Å². The van der Waals surface area contributed by atoms with Crippen LogP contribution in [0.3, 0.4) is 0 Å². The number of hydrogen-bond donors (Lipinski definition) is 1. The summed E-state index contributed by atoms with van der Waals surface area (Å²) in [5, 5.41) is 3.81. The number of rotatable bonds is 3. The number of hydrogen-bond acceptors (Lipinski definition) is 2. The number of halogens is 1. The molecule has 0 radical (unpaired) electrons. The first-order valence-electron chi connectivity index (χ1n) is 5.38. The van der Waals surface area contributed by atoms with Crippen LogP contribution in [-0.2, 0) is 6.54 Å². The van der Waals surface area contributed by atoms with E-state index in [9.17, 15) is 0 Å². The van der Waals surface area contributed by atoms with Gasteiger partial charge in [0.1, 0.15) is 0 Å². The molecule has 1 aliphatic carbocycles. The molecule has 0 bridgehead atoms. The molecule has 1 saturated carbocycles. The molecule has 2 rings (SSSR count). The second-order valence-corrected chi connectivity index (χ2v) is 5.31. The van der Waals surface area contributed by atoms with Crippen LogP contribution in [0.25, 0.3) is 0 Å². The molecule has 0 aliphatic heterocycles. The Labute approximate surface area is 96.1 Å². The van der Waals surface area contributed by atoms with E-state index in [1.807, 2.05) is 24.4 Å². The second kappa shape index (κ2) is 4.11. The van der Waals surface area contributed by atoms with Crippen LogP contribution in [0.15, 0.2) is 24.4 Å². The summed E-state index contributed by atoms with van der Waals surface area (Å²) in [5.41, 5.74) is 1.29. The fourth-order valence-electron chi connectivity index (χ4n) is 1.95. The van der Waals surface area contributed by atoms with Crippen molar-refractivity contribution in [2.45, 2.75) is 38.2 Å². The molecule has 3 heteroatoms. The molecule has 82 valence electrons. The third kappa shape index (κ3) is 2.16. The predicted molar refractivity (Wildman–Crippen MR) is 62.9 cm³/mol. The zero-order chi connectivity index (χ0) is 10.9. The van der Waals surface area contributed by atoms with Gasteiger partial charge in [0, 0.05) is 24.2 Å².